The van der Waals surface area contributed by atoms with Gasteiger partial charge in [-0.3, -0.25) is 9.59 Å². The average molecular weight is 391 g/mol. The van der Waals surface area contributed by atoms with E-state index >= 15 is 0 Å². The minimum absolute atomic E-state index is 0.0965. The van der Waals surface area contributed by atoms with Crippen LogP contribution in [0.3, 0.4) is 0 Å². The second kappa shape index (κ2) is 8.54. The van der Waals surface area contributed by atoms with E-state index in [4.69, 9.17) is 15.7 Å². The van der Waals surface area contributed by atoms with Crippen molar-refractivity contribution >= 4 is 23.0 Å². The number of primary amides is 1. The summed E-state index contributed by atoms with van der Waals surface area (Å²) in [4.78, 5) is 30.9. The molecular weight excluding hydrogens is 370 g/mol. The Morgan fingerprint density at radius 3 is 2.90 bits per heavy atom. The SMILES string of the molecule is CC(C)OCCn1cc(-c2cnc3[nH]cc(/C=C(\C#N)C(N)=O)c3c2)ccc1=O. The summed E-state index contributed by atoms with van der Waals surface area (Å²) in [6.07, 6.45) is 6.64. The van der Waals surface area contributed by atoms with E-state index in [-0.39, 0.29) is 17.2 Å². The van der Waals surface area contributed by atoms with Gasteiger partial charge in [-0.1, -0.05) is 0 Å². The molecule has 3 aromatic rings. The predicted octanol–water partition coefficient (Wildman–Crippen LogP) is 2.21. The van der Waals surface area contributed by atoms with Crippen LogP contribution in [-0.4, -0.2) is 33.2 Å². The molecule has 29 heavy (non-hydrogen) atoms. The van der Waals surface area contributed by atoms with Crippen molar-refractivity contribution in [1.82, 2.24) is 14.5 Å². The Balaban J connectivity index is 1.98. The van der Waals surface area contributed by atoms with Gasteiger partial charge in [-0.2, -0.15) is 5.26 Å². The van der Waals surface area contributed by atoms with Gasteiger partial charge < -0.3 is 20.0 Å². The molecule has 0 aromatic carbocycles. The van der Waals surface area contributed by atoms with Crippen LogP contribution in [0.2, 0.25) is 0 Å². The molecule has 0 aliphatic rings. The van der Waals surface area contributed by atoms with Crippen LogP contribution >= 0.6 is 0 Å². The molecule has 8 nitrogen and oxygen atoms in total. The monoisotopic (exact) mass is 391 g/mol. The number of carbonyl (C=O) groups is 1. The Labute approximate surface area is 167 Å². The molecule has 0 bridgehead atoms. The maximum atomic E-state index is 12.1. The Morgan fingerprint density at radius 2 is 2.21 bits per heavy atom. The summed E-state index contributed by atoms with van der Waals surface area (Å²) in [6.45, 7) is 4.77. The third-order valence-electron chi connectivity index (χ3n) is 4.35. The number of aromatic amines is 1. The van der Waals surface area contributed by atoms with E-state index in [0.29, 0.717) is 24.4 Å². The van der Waals surface area contributed by atoms with Crippen molar-refractivity contribution in [3.8, 4) is 17.2 Å². The van der Waals surface area contributed by atoms with Crippen molar-refractivity contribution in [1.29, 1.82) is 5.26 Å². The summed E-state index contributed by atoms with van der Waals surface area (Å²) >= 11 is 0. The maximum Gasteiger partial charge on any atom is 0.259 e. The first-order valence-electron chi connectivity index (χ1n) is 9.10. The van der Waals surface area contributed by atoms with E-state index in [2.05, 4.69) is 9.97 Å². The van der Waals surface area contributed by atoms with Crippen LogP contribution < -0.4 is 11.3 Å². The zero-order valence-corrected chi connectivity index (χ0v) is 16.2. The lowest BCUT2D eigenvalue weighted by Gasteiger charge is -2.11. The number of aromatic nitrogens is 3. The fourth-order valence-corrected chi connectivity index (χ4v) is 2.88. The van der Waals surface area contributed by atoms with Crippen molar-refractivity contribution in [2.75, 3.05) is 6.61 Å². The van der Waals surface area contributed by atoms with Crippen LogP contribution in [0.25, 0.3) is 28.2 Å². The zero-order valence-electron chi connectivity index (χ0n) is 16.2. The predicted molar refractivity (Wildman–Crippen MR) is 110 cm³/mol. The number of pyridine rings is 2. The van der Waals surface area contributed by atoms with Crippen LogP contribution in [0.5, 0.6) is 0 Å². The molecular formula is C21H21N5O3. The van der Waals surface area contributed by atoms with Crippen LogP contribution in [0.15, 0.2) is 47.2 Å². The van der Waals surface area contributed by atoms with Crippen LogP contribution in [0.1, 0.15) is 19.4 Å². The molecule has 1 amide bonds. The molecule has 0 unspecified atom stereocenters. The first kappa shape index (κ1) is 20.0. The number of hydrogen-bond donors (Lipinski definition) is 2. The highest BCUT2D eigenvalue weighted by atomic mass is 16.5. The van der Waals surface area contributed by atoms with Gasteiger partial charge in [0.2, 0.25) is 0 Å². The second-order valence-corrected chi connectivity index (χ2v) is 6.77. The molecule has 0 saturated heterocycles. The third-order valence-corrected chi connectivity index (χ3v) is 4.35. The lowest BCUT2D eigenvalue weighted by Crippen LogP contribution is -2.22. The molecule has 0 atom stereocenters. The molecule has 0 fully saturated rings. The quantitative estimate of drug-likeness (QED) is 0.471. The second-order valence-electron chi connectivity index (χ2n) is 6.77. The van der Waals surface area contributed by atoms with E-state index in [1.807, 2.05) is 19.9 Å². The van der Waals surface area contributed by atoms with Gasteiger partial charge in [0, 0.05) is 47.7 Å². The van der Waals surface area contributed by atoms with Gasteiger partial charge in [0.25, 0.3) is 11.5 Å². The molecule has 3 N–H and O–H groups in total. The molecule has 0 aliphatic heterocycles. The van der Waals surface area contributed by atoms with E-state index in [9.17, 15) is 9.59 Å². The van der Waals surface area contributed by atoms with E-state index in [1.54, 1.807) is 35.3 Å². The zero-order chi connectivity index (χ0) is 21.0. The minimum atomic E-state index is -0.790. The molecule has 3 rings (SSSR count). The summed E-state index contributed by atoms with van der Waals surface area (Å²) in [5, 5.41) is 9.81. The first-order valence-corrected chi connectivity index (χ1v) is 9.10. The smallest absolute Gasteiger partial charge is 0.259 e. The lowest BCUT2D eigenvalue weighted by atomic mass is 10.1. The maximum absolute atomic E-state index is 12.1. The van der Waals surface area contributed by atoms with Gasteiger partial charge >= 0.3 is 0 Å². The van der Waals surface area contributed by atoms with Gasteiger partial charge in [0.1, 0.15) is 17.3 Å². The summed E-state index contributed by atoms with van der Waals surface area (Å²) < 4.78 is 7.13. The average Bonchev–Trinajstić information content (AvgIpc) is 3.09. The number of nitrogens with two attached hydrogens (primary N) is 1. The van der Waals surface area contributed by atoms with E-state index < -0.39 is 5.91 Å². The Bertz CT molecular complexity index is 1180. The minimum Gasteiger partial charge on any atom is -0.377 e. The fraction of sp³-hybridized carbons (Fsp3) is 0.238. The molecule has 148 valence electrons. The van der Waals surface area contributed by atoms with Gasteiger partial charge in [-0.15, -0.1) is 0 Å². The highest BCUT2D eigenvalue weighted by Gasteiger charge is 2.10. The number of carbonyl (C=O) groups excluding carboxylic acids is 1. The summed E-state index contributed by atoms with van der Waals surface area (Å²) in [6, 6.07) is 6.92. The molecule has 3 aromatic heterocycles. The lowest BCUT2D eigenvalue weighted by molar-refractivity contribution is -0.114. The summed E-state index contributed by atoms with van der Waals surface area (Å²) in [7, 11) is 0. The molecule has 0 radical (unpaired) electrons. The Kier molecular flexibility index (Phi) is 5.90. The number of nitrogens with zero attached hydrogens (tertiary/aromatic N) is 3. The molecule has 0 aliphatic carbocycles. The number of fused-ring (bicyclic) bond motifs is 1. The number of hydrogen-bond acceptors (Lipinski definition) is 5. The summed E-state index contributed by atoms with van der Waals surface area (Å²) in [5.41, 5.74) is 7.81. The van der Waals surface area contributed by atoms with Gasteiger partial charge in [0.15, 0.2) is 0 Å². The molecule has 8 heteroatoms. The highest BCUT2D eigenvalue weighted by Crippen LogP contribution is 2.25. The number of nitrogens with one attached hydrogen (secondary N) is 1. The van der Waals surface area contributed by atoms with Gasteiger partial charge in [-0.25, -0.2) is 4.98 Å². The number of nitriles is 1. The standard InChI is InChI=1S/C21H21N5O3/c1-13(2)29-6-5-26-12-14(3-4-19(26)27)16-8-18-17(7-15(9-22)20(23)28)11-25-21(18)24-10-16/h3-4,7-8,10-13H,5-6H2,1-2H3,(H2,23,28)(H,24,25)/b15-7+. The van der Waals surface area contributed by atoms with Crippen LogP contribution in [-0.2, 0) is 16.1 Å². The first-order chi connectivity index (χ1) is 13.9. The van der Waals surface area contributed by atoms with E-state index in [0.717, 1.165) is 16.5 Å². The van der Waals surface area contributed by atoms with Crippen molar-refractivity contribution in [3.05, 3.63) is 58.3 Å². The third kappa shape index (κ3) is 4.59. The highest BCUT2D eigenvalue weighted by molar-refractivity contribution is 6.03. The van der Waals surface area contributed by atoms with Crippen molar-refractivity contribution in [3.63, 3.8) is 0 Å². The molecule has 0 saturated carbocycles. The van der Waals surface area contributed by atoms with Crippen molar-refractivity contribution < 1.29 is 9.53 Å². The number of H-pyrrole nitrogens is 1. The number of ether oxygens (including phenoxy) is 1. The number of amides is 1. The van der Waals surface area contributed by atoms with Crippen molar-refractivity contribution in [2.45, 2.75) is 26.5 Å². The van der Waals surface area contributed by atoms with Crippen molar-refractivity contribution in [2.24, 2.45) is 5.73 Å². The Hall–Kier alpha value is -3.70. The van der Waals surface area contributed by atoms with Crippen LogP contribution in [0.4, 0.5) is 0 Å². The normalized spacial score (nSPS) is 11.7. The van der Waals surface area contributed by atoms with Gasteiger partial charge in [-0.05, 0) is 37.6 Å². The van der Waals surface area contributed by atoms with E-state index in [1.165, 1.54) is 12.1 Å². The van der Waals surface area contributed by atoms with Gasteiger partial charge in [0.05, 0.1) is 12.7 Å². The van der Waals surface area contributed by atoms with Crippen LogP contribution in [0, 0.1) is 11.3 Å². The molecule has 3 heterocycles. The number of rotatable bonds is 7. The molecule has 0 spiro atoms. The fourth-order valence-electron chi connectivity index (χ4n) is 2.88. The summed E-state index contributed by atoms with van der Waals surface area (Å²) in [5.74, 6) is -0.790. The Morgan fingerprint density at radius 1 is 1.41 bits per heavy atom. The topological polar surface area (TPSA) is 127 Å². The largest absolute Gasteiger partial charge is 0.377 e.